The Morgan fingerprint density at radius 3 is 2.32 bits per heavy atom. The lowest BCUT2D eigenvalue weighted by atomic mass is 9.78. The van der Waals surface area contributed by atoms with Crippen molar-refractivity contribution in [3.05, 3.63) is 57.9 Å². The molecule has 0 aliphatic carbocycles. The molecule has 1 atom stereocenters. The van der Waals surface area contributed by atoms with E-state index in [9.17, 15) is 14.9 Å². The van der Waals surface area contributed by atoms with E-state index in [1.165, 1.54) is 14.2 Å². The average Bonchev–Trinajstić information content (AvgIpc) is 2.65. The summed E-state index contributed by atoms with van der Waals surface area (Å²) in [4.78, 5) is 24.9. The lowest BCUT2D eigenvalue weighted by molar-refractivity contribution is -0.137. The van der Waals surface area contributed by atoms with Gasteiger partial charge in [-0.25, -0.2) is 9.59 Å². The van der Waals surface area contributed by atoms with E-state index in [2.05, 4.69) is 11.4 Å². The van der Waals surface area contributed by atoms with Gasteiger partial charge in [0.05, 0.1) is 42.9 Å². The lowest BCUT2D eigenvalue weighted by Crippen LogP contribution is -2.33. The van der Waals surface area contributed by atoms with E-state index in [-0.39, 0.29) is 0 Å². The van der Waals surface area contributed by atoms with Gasteiger partial charge in [-0.05, 0) is 25.0 Å². The molecule has 0 spiro atoms. The number of nitriles is 1. The van der Waals surface area contributed by atoms with Gasteiger partial charge in [0.2, 0.25) is 0 Å². The normalized spacial score (nSPS) is 16.8. The Morgan fingerprint density at radius 2 is 1.76 bits per heavy atom. The molecule has 0 radical (unpaired) electrons. The van der Waals surface area contributed by atoms with Gasteiger partial charge in [0.1, 0.15) is 0 Å². The van der Waals surface area contributed by atoms with Crippen LogP contribution in [0.25, 0.3) is 0 Å². The Hall–Kier alpha value is -3.07. The largest absolute Gasteiger partial charge is 0.466 e. The zero-order valence-electron chi connectivity index (χ0n) is 14.7. The fourth-order valence-electron chi connectivity index (χ4n) is 3.07. The van der Waals surface area contributed by atoms with E-state index in [0.717, 1.165) is 0 Å². The van der Waals surface area contributed by atoms with Crippen LogP contribution in [-0.2, 0) is 19.1 Å². The molecule has 1 aromatic carbocycles. The van der Waals surface area contributed by atoms with Crippen molar-refractivity contribution in [3.63, 3.8) is 0 Å². The van der Waals surface area contributed by atoms with Crippen molar-refractivity contribution in [2.45, 2.75) is 26.2 Å². The molecule has 0 bridgehead atoms. The second kappa shape index (κ2) is 7.67. The van der Waals surface area contributed by atoms with Crippen LogP contribution in [0.15, 0.2) is 46.8 Å². The SMILES string of the molecule is CCC1=C(C(=O)OC)C(c2ccccc2C#N)C(C(=O)OC)=C(C)N1. The number of nitrogens with one attached hydrogen (secondary N) is 1. The Labute approximate surface area is 146 Å². The fourth-order valence-corrected chi connectivity index (χ4v) is 3.07. The topological polar surface area (TPSA) is 88.4 Å². The summed E-state index contributed by atoms with van der Waals surface area (Å²) in [5, 5.41) is 12.6. The van der Waals surface area contributed by atoms with Gasteiger partial charge in [0.25, 0.3) is 0 Å². The van der Waals surface area contributed by atoms with E-state index in [1.807, 2.05) is 6.92 Å². The van der Waals surface area contributed by atoms with Crippen LogP contribution >= 0.6 is 0 Å². The number of hydrogen-bond acceptors (Lipinski definition) is 6. The predicted octanol–water partition coefficient (Wildman–Crippen LogP) is 2.53. The maximum atomic E-state index is 12.5. The van der Waals surface area contributed by atoms with Crippen molar-refractivity contribution in [1.29, 1.82) is 5.26 Å². The van der Waals surface area contributed by atoms with Crippen LogP contribution < -0.4 is 5.32 Å². The highest BCUT2D eigenvalue weighted by Crippen LogP contribution is 2.40. The van der Waals surface area contributed by atoms with Crippen LogP contribution in [0.1, 0.15) is 37.3 Å². The maximum Gasteiger partial charge on any atom is 0.336 e. The van der Waals surface area contributed by atoms with Gasteiger partial charge in [-0.15, -0.1) is 0 Å². The molecule has 0 saturated heterocycles. The quantitative estimate of drug-likeness (QED) is 0.847. The molecule has 1 unspecified atom stereocenters. The Morgan fingerprint density at radius 1 is 1.16 bits per heavy atom. The summed E-state index contributed by atoms with van der Waals surface area (Å²) in [5.41, 5.74) is 2.82. The number of allylic oxidation sites excluding steroid dienone is 2. The second-order valence-electron chi connectivity index (χ2n) is 5.52. The molecule has 1 N–H and O–H groups in total. The third-order valence-electron chi connectivity index (χ3n) is 4.20. The summed E-state index contributed by atoms with van der Waals surface area (Å²) >= 11 is 0. The number of carbonyl (C=O) groups is 2. The number of nitrogens with zero attached hydrogens (tertiary/aromatic N) is 1. The molecule has 130 valence electrons. The molecule has 25 heavy (non-hydrogen) atoms. The monoisotopic (exact) mass is 340 g/mol. The van der Waals surface area contributed by atoms with Gasteiger partial charge < -0.3 is 14.8 Å². The predicted molar refractivity (Wildman–Crippen MR) is 91.1 cm³/mol. The number of benzene rings is 1. The van der Waals surface area contributed by atoms with Crippen molar-refractivity contribution in [1.82, 2.24) is 5.32 Å². The van der Waals surface area contributed by atoms with Crippen molar-refractivity contribution in [2.24, 2.45) is 0 Å². The first-order valence-electron chi connectivity index (χ1n) is 7.86. The van der Waals surface area contributed by atoms with Crippen LogP contribution in [0, 0.1) is 11.3 Å². The smallest absolute Gasteiger partial charge is 0.336 e. The average molecular weight is 340 g/mol. The van der Waals surface area contributed by atoms with Crippen LogP contribution in [0.5, 0.6) is 0 Å². The van der Waals surface area contributed by atoms with Gasteiger partial charge in [-0.3, -0.25) is 0 Å². The Bertz CT molecular complexity index is 815. The number of esters is 2. The molecule has 1 aliphatic rings. The minimum Gasteiger partial charge on any atom is -0.466 e. The van der Waals surface area contributed by atoms with Crippen molar-refractivity contribution < 1.29 is 19.1 Å². The number of carbonyl (C=O) groups excluding carboxylic acids is 2. The number of rotatable bonds is 4. The van der Waals surface area contributed by atoms with Crippen molar-refractivity contribution in [2.75, 3.05) is 14.2 Å². The summed E-state index contributed by atoms with van der Waals surface area (Å²) in [7, 11) is 2.58. The molecular formula is C19H20N2O4. The standard InChI is InChI=1S/C19H20N2O4/c1-5-14-17(19(23)25-4)16(13-9-7-6-8-12(13)10-20)15(11(2)21-14)18(22)24-3/h6-9,16,21H,5H2,1-4H3. The maximum absolute atomic E-state index is 12.5. The molecule has 0 amide bonds. The molecule has 0 aromatic heterocycles. The van der Waals surface area contributed by atoms with Crippen LogP contribution in [-0.4, -0.2) is 26.2 Å². The van der Waals surface area contributed by atoms with Crippen LogP contribution in [0.2, 0.25) is 0 Å². The first-order valence-corrected chi connectivity index (χ1v) is 7.86. The van der Waals surface area contributed by atoms with Gasteiger partial charge in [0.15, 0.2) is 0 Å². The van der Waals surface area contributed by atoms with E-state index in [1.54, 1.807) is 31.2 Å². The molecule has 1 heterocycles. The first kappa shape index (κ1) is 18.3. The van der Waals surface area contributed by atoms with E-state index < -0.39 is 17.9 Å². The molecule has 1 aliphatic heterocycles. The molecule has 2 rings (SSSR count). The molecule has 6 nitrogen and oxygen atoms in total. The summed E-state index contributed by atoms with van der Waals surface area (Å²) in [6.07, 6.45) is 0.543. The third-order valence-corrected chi connectivity index (χ3v) is 4.20. The number of methoxy groups -OCH3 is 2. The summed E-state index contributed by atoms with van der Waals surface area (Å²) in [6, 6.07) is 9.02. The van der Waals surface area contributed by atoms with E-state index in [4.69, 9.17) is 9.47 Å². The summed E-state index contributed by atoms with van der Waals surface area (Å²) < 4.78 is 9.87. The van der Waals surface area contributed by atoms with Gasteiger partial charge in [-0.2, -0.15) is 5.26 Å². The minimum atomic E-state index is -0.730. The van der Waals surface area contributed by atoms with Crippen LogP contribution in [0.4, 0.5) is 0 Å². The third kappa shape index (κ3) is 3.26. The van der Waals surface area contributed by atoms with Gasteiger partial charge in [-0.1, -0.05) is 25.1 Å². The van der Waals surface area contributed by atoms with Crippen molar-refractivity contribution >= 4 is 11.9 Å². The highest BCUT2D eigenvalue weighted by molar-refractivity contribution is 6.00. The fraction of sp³-hybridized carbons (Fsp3) is 0.316. The summed E-state index contributed by atoms with van der Waals surface area (Å²) in [5.74, 6) is -1.83. The lowest BCUT2D eigenvalue weighted by Gasteiger charge is -2.31. The minimum absolute atomic E-state index is 0.294. The van der Waals surface area contributed by atoms with E-state index >= 15 is 0 Å². The number of dihydropyridines is 1. The molecule has 0 saturated carbocycles. The summed E-state index contributed by atoms with van der Waals surface area (Å²) in [6.45, 7) is 3.65. The second-order valence-corrected chi connectivity index (χ2v) is 5.52. The number of hydrogen-bond donors (Lipinski definition) is 1. The van der Waals surface area contributed by atoms with Crippen LogP contribution in [0.3, 0.4) is 0 Å². The van der Waals surface area contributed by atoms with E-state index in [0.29, 0.717) is 40.1 Å². The van der Waals surface area contributed by atoms with Gasteiger partial charge in [0, 0.05) is 11.4 Å². The van der Waals surface area contributed by atoms with Crippen molar-refractivity contribution in [3.8, 4) is 6.07 Å². The zero-order valence-corrected chi connectivity index (χ0v) is 14.7. The molecular weight excluding hydrogens is 320 g/mol. The van der Waals surface area contributed by atoms with Gasteiger partial charge >= 0.3 is 11.9 Å². The first-order chi connectivity index (χ1) is 12.0. The zero-order chi connectivity index (χ0) is 18.6. The number of ether oxygens (including phenoxy) is 2. The molecule has 0 fully saturated rings. The highest BCUT2D eigenvalue weighted by Gasteiger charge is 2.39. The Kier molecular flexibility index (Phi) is 5.60. The Balaban J connectivity index is 2.81. The molecule has 6 heteroatoms. The highest BCUT2D eigenvalue weighted by atomic mass is 16.5. The molecule has 1 aromatic rings.